The summed E-state index contributed by atoms with van der Waals surface area (Å²) in [5, 5.41) is 12.7. The average molecular weight is 209 g/mol. The Bertz CT molecular complexity index is 356. The van der Waals surface area contributed by atoms with E-state index in [0.29, 0.717) is 0 Å². The Kier molecular flexibility index (Phi) is 3.42. The van der Waals surface area contributed by atoms with Crippen molar-refractivity contribution in [1.82, 2.24) is 0 Å². The Morgan fingerprint density at radius 1 is 1.40 bits per heavy atom. The monoisotopic (exact) mass is 209 g/mol. The number of nitrogens with two attached hydrogens (primary N) is 1. The third-order valence-corrected chi connectivity index (χ3v) is 2.07. The van der Waals surface area contributed by atoms with Crippen LogP contribution in [0.4, 0.5) is 5.69 Å². The van der Waals surface area contributed by atoms with Crippen molar-refractivity contribution in [3.63, 3.8) is 0 Å². The van der Waals surface area contributed by atoms with Gasteiger partial charge >= 0.3 is 0 Å². The fourth-order valence-electron chi connectivity index (χ4n) is 1.22. The van der Waals surface area contributed by atoms with Gasteiger partial charge in [-0.25, -0.2) is 0 Å². The molecule has 1 aromatic rings. The van der Waals surface area contributed by atoms with E-state index in [-0.39, 0.29) is 16.1 Å². The minimum absolute atomic E-state index is 0.143. The van der Waals surface area contributed by atoms with Crippen molar-refractivity contribution in [3.05, 3.63) is 39.9 Å². The molecule has 0 aromatic heterocycles. The molecule has 0 aliphatic carbocycles. The van der Waals surface area contributed by atoms with Gasteiger partial charge in [-0.3, -0.25) is 10.1 Å². The van der Waals surface area contributed by atoms with E-state index in [1.54, 1.807) is 12.1 Å². The number of hydrogen-bond donors (Lipinski definition) is 1. The van der Waals surface area contributed by atoms with Crippen molar-refractivity contribution >= 4 is 5.69 Å². The molecular weight excluding hydrogens is 192 g/mol. The largest absolute Gasteiger partial charge is 0.338 e. The van der Waals surface area contributed by atoms with E-state index in [1.807, 2.05) is 6.07 Å². The van der Waals surface area contributed by atoms with Crippen molar-refractivity contribution < 1.29 is 10.2 Å². The van der Waals surface area contributed by atoms with Crippen molar-refractivity contribution in [3.8, 4) is 0 Å². The molecule has 0 unspecified atom stereocenters. The summed E-state index contributed by atoms with van der Waals surface area (Å²) in [5.41, 5.74) is 1.29. The molecule has 0 atom stereocenters. The van der Waals surface area contributed by atoms with Crippen LogP contribution >= 0.6 is 0 Å². The molecule has 0 saturated carbocycles. The molecule has 15 heavy (non-hydrogen) atoms. The Morgan fingerprint density at radius 2 is 2.07 bits per heavy atom. The van der Waals surface area contributed by atoms with E-state index in [2.05, 4.69) is 26.1 Å². The zero-order chi connectivity index (χ0) is 11.5. The molecule has 2 N–H and O–H groups in total. The SMILES string of the molecule is CC(C)(C)[NH2+]Cc1cccc([N+](=O)[O-])c1. The van der Waals surface area contributed by atoms with Gasteiger partial charge in [-0.15, -0.1) is 0 Å². The molecule has 0 aliphatic heterocycles. The third-order valence-electron chi connectivity index (χ3n) is 2.07. The molecule has 0 radical (unpaired) electrons. The van der Waals surface area contributed by atoms with Crippen LogP contribution in [0.15, 0.2) is 24.3 Å². The smallest absolute Gasteiger partial charge is 0.269 e. The van der Waals surface area contributed by atoms with E-state index >= 15 is 0 Å². The maximum Gasteiger partial charge on any atom is 0.269 e. The lowest BCUT2D eigenvalue weighted by Gasteiger charge is -2.16. The lowest BCUT2D eigenvalue weighted by atomic mass is 10.1. The molecule has 1 aromatic carbocycles. The summed E-state index contributed by atoms with van der Waals surface area (Å²) in [4.78, 5) is 10.2. The summed E-state index contributed by atoms with van der Waals surface area (Å²) in [6, 6.07) is 6.78. The second-order valence-electron chi connectivity index (χ2n) is 4.70. The van der Waals surface area contributed by atoms with Crippen molar-refractivity contribution in [1.29, 1.82) is 0 Å². The Labute approximate surface area is 89.5 Å². The van der Waals surface area contributed by atoms with Crippen LogP contribution in [0.1, 0.15) is 26.3 Å². The molecular formula is C11H17N2O2+. The summed E-state index contributed by atoms with van der Waals surface area (Å²) in [7, 11) is 0. The van der Waals surface area contributed by atoms with Gasteiger partial charge in [-0.2, -0.15) is 0 Å². The highest BCUT2D eigenvalue weighted by molar-refractivity contribution is 5.33. The molecule has 0 aliphatic rings. The summed E-state index contributed by atoms with van der Waals surface area (Å²) < 4.78 is 0. The maximum absolute atomic E-state index is 10.5. The molecule has 1 rings (SSSR count). The lowest BCUT2D eigenvalue weighted by molar-refractivity contribution is -0.731. The number of hydrogen-bond acceptors (Lipinski definition) is 2. The van der Waals surface area contributed by atoms with Gasteiger partial charge in [0.1, 0.15) is 6.54 Å². The number of nitro benzene ring substituents is 1. The van der Waals surface area contributed by atoms with E-state index < -0.39 is 0 Å². The van der Waals surface area contributed by atoms with Gasteiger partial charge in [0.05, 0.1) is 10.5 Å². The number of non-ortho nitro benzene ring substituents is 1. The van der Waals surface area contributed by atoms with Gasteiger partial charge in [-0.1, -0.05) is 12.1 Å². The first-order valence-electron chi connectivity index (χ1n) is 4.96. The predicted molar refractivity (Wildman–Crippen MR) is 58.5 cm³/mol. The maximum atomic E-state index is 10.5. The van der Waals surface area contributed by atoms with Crippen LogP contribution in [-0.2, 0) is 6.54 Å². The minimum Gasteiger partial charge on any atom is -0.338 e. The van der Waals surface area contributed by atoms with Crippen LogP contribution in [-0.4, -0.2) is 10.5 Å². The average Bonchev–Trinajstić information content (AvgIpc) is 2.14. The highest BCUT2D eigenvalue weighted by atomic mass is 16.6. The minimum atomic E-state index is -0.361. The highest BCUT2D eigenvalue weighted by Gasteiger charge is 2.13. The van der Waals surface area contributed by atoms with Crippen molar-refractivity contribution in [2.24, 2.45) is 0 Å². The van der Waals surface area contributed by atoms with Gasteiger partial charge in [0.15, 0.2) is 0 Å². The molecule has 4 heteroatoms. The standard InChI is InChI=1S/C11H16N2O2/c1-11(2,3)12-8-9-5-4-6-10(7-9)13(14)15/h4-7,12H,8H2,1-3H3/p+1. The van der Waals surface area contributed by atoms with E-state index in [1.165, 1.54) is 6.07 Å². The topological polar surface area (TPSA) is 59.8 Å². The van der Waals surface area contributed by atoms with E-state index in [9.17, 15) is 10.1 Å². The molecule has 0 amide bonds. The number of nitrogens with zero attached hydrogens (tertiary/aromatic N) is 1. The van der Waals surface area contributed by atoms with E-state index in [0.717, 1.165) is 12.1 Å². The second-order valence-corrected chi connectivity index (χ2v) is 4.70. The van der Waals surface area contributed by atoms with Crippen LogP contribution in [0.3, 0.4) is 0 Å². The second kappa shape index (κ2) is 4.40. The van der Waals surface area contributed by atoms with Crippen molar-refractivity contribution in [2.75, 3.05) is 0 Å². The molecule has 0 heterocycles. The van der Waals surface area contributed by atoms with E-state index in [4.69, 9.17) is 0 Å². The van der Waals surface area contributed by atoms with Crippen LogP contribution in [0.2, 0.25) is 0 Å². The lowest BCUT2D eigenvalue weighted by Crippen LogP contribution is -2.92. The van der Waals surface area contributed by atoms with Gasteiger partial charge < -0.3 is 5.32 Å². The van der Waals surface area contributed by atoms with Crippen LogP contribution in [0, 0.1) is 10.1 Å². The fraction of sp³-hybridized carbons (Fsp3) is 0.455. The van der Waals surface area contributed by atoms with Gasteiger partial charge in [0, 0.05) is 17.7 Å². The number of nitro groups is 1. The first-order valence-corrected chi connectivity index (χ1v) is 4.96. The predicted octanol–water partition coefficient (Wildman–Crippen LogP) is 1.46. The number of benzene rings is 1. The summed E-state index contributed by atoms with van der Waals surface area (Å²) >= 11 is 0. The molecule has 82 valence electrons. The van der Waals surface area contributed by atoms with Gasteiger partial charge in [0.25, 0.3) is 5.69 Å². The van der Waals surface area contributed by atoms with Crippen LogP contribution in [0.5, 0.6) is 0 Å². The first-order chi connectivity index (χ1) is 6.88. The van der Waals surface area contributed by atoms with Gasteiger partial charge in [-0.05, 0) is 20.8 Å². The molecule has 4 nitrogen and oxygen atoms in total. The zero-order valence-electron chi connectivity index (χ0n) is 9.36. The first kappa shape index (κ1) is 11.7. The molecule has 0 spiro atoms. The summed E-state index contributed by atoms with van der Waals surface area (Å²) in [6.45, 7) is 7.12. The van der Waals surface area contributed by atoms with Crippen LogP contribution in [0.25, 0.3) is 0 Å². The fourth-order valence-corrected chi connectivity index (χ4v) is 1.22. The quantitative estimate of drug-likeness (QED) is 0.605. The normalized spacial score (nSPS) is 11.4. The summed E-state index contributed by atoms with van der Waals surface area (Å²) in [5.74, 6) is 0. The Morgan fingerprint density at radius 3 is 2.60 bits per heavy atom. The van der Waals surface area contributed by atoms with Crippen LogP contribution < -0.4 is 5.32 Å². The Hall–Kier alpha value is -1.42. The number of rotatable bonds is 3. The zero-order valence-corrected chi connectivity index (χ0v) is 9.36. The number of quaternary nitrogens is 1. The molecule has 0 saturated heterocycles. The highest BCUT2D eigenvalue weighted by Crippen LogP contribution is 2.12. The third kappa shape index (κ3) is 4.08. The molecule has 0 fully saturated rings. The summed E-state index contributed by atoms with van der Waals surface area (Å²) in [6.07, 6.45) is 0. The van der Waals surface area contributed by atoms with Crippen molar-refractivity contribution in [2.45, 2.75) is 32.9 Å². The Balaban J connectivity index is 2.70. The van der Waals surface area contributed by atoms with Gasteiger partial charge in [0.2, 0.25) is 0 Å². The molecule has 0 bridgehead atoms.